The van der Waals surface area contributed by atoms with Crippen LogP contribution in [0.1, 0.15) is 77.2 Å². The predicted molar refractivity (Wildman–Crippen MR) is 114 cm³/mol. The summed E-state index contributed by atoms with van der Waals surface area (Å²) < 4.78 is 5.16. The van der Waals surface area contributed by atoms with Crippen LogP contribution in [0, 0.1) is 28.6 Å². The van der Waals surface area contributed by atoms with Crippen LogP contribution in [-0.2, 0) is 6.42 Å². The van der Waals surface area contributed by atoms with Crippen molar-refractivity contribution < 1.29 is 14.6 Å². The Hall–Kier alpha value is -1.06. The smallest absolute Gasteiger partial charge is 0.0934 e. The van der Waals surface area contributed by atoms with Crippen LogP contribution in [0.5, 0.6) is 0 Å². The predicted octanol–water partition coefficient (Wildman–Crippen LogP) is 5.76. The molecular formula is C25H40O3. The molecule has 5 unspecified atom stereocenters. The van der Waals surface area contributed by atoms with Crippen molar-refractivity contribution >= 4 is 0 Å². The Bertz CT molecular complexity index is 622. The van der Waals surface area contributed by atoms with E-state index in [0.29, 0.717) is 24.4 Å². The molecule has 0 radical (unpaired) electrons. The third kappa shape index (κ3) is 4.74. The molecule has 0 aromatic carbocycles. The largest absolute Gasteiger partial charge is 0.472 e. The standard InChI is InChI=1S/C25H40O3/c1-19-8-9-23-24(2,11-5-12-25(23,3)18-27)15-22(19)14-21(16-26)7-4-6-20-10-13-28-17-20/h10,13,17,21-23,26-27H,1,4-9,11-12,14-16,18H2,2-3H3. The van der Waals surface area contributed by atoms with Crippen LogP contribution in [0.2, 0.25) is 0 Å². The van der Waals surface area contributed by atoms with E-state index in [-0.39, 0.29) is 17.4 Å². The zero-order valence-corrected chi connectivity index (χ0v) is 18.0. The minimum Gasteiger partial charge on any atom is -0.472 e. The maximum atomic E-state index is 10.1. The van der Waals surface area contributed by atoms with E-state index in [1.807, 2.05) is 12.3 Å². The number of aliphatic hydroxyl groups excluding tert-OH is 2. The zero-order valence-electron chi connectivity index (χ0n) is 18.0. The molecule has 2 aliphatic rings. The number of fused-ring (bicyclic) bond motifs is 1. The van der Waals surface area contributed by atoms with Crippen molar-refractivity contribution in [1.29, 1.82) is 0 Å². The van der Waals surface area contributed by atoms with Gasteiger partial charge in [0.15, 0.2) is 0 Å². The Morgan fingerprint density at radius 2 is 2.11 bits per heavy atom. The van der Waals surface area contributed by atoms with Gasteiger partial charge >= 0.3 is 0 Å². The van der Waals surface area contributed by atoms with Crippen LogP contribution in [0.4, 0.5) is 0 Å². The quantitative estimate of drug-likeness (QED) is 0.557. The fourth-order valence-electron chi connectivity index (χ4n) is 6.42. The SMILES string of the molecule is C=C1CCC2C(C)(CO)CCCC2(C)CC1CC(CO)CCCc1ccoc1. The van der Waals surface area contributed by atoms with Gasteiger partial charge in [-0.2, -0.15) is 0 Å². The molecule has 28 heavy (non-hydrogen) atoms. The van der Waals surface area contributed by atoms with Gasteiger partial charge in [-0.3, -0.25) is 0 Å². The monoisotopic (exact) mass is 388 g/mol. The third-order valence-electron chi connectivity index (χ3n) is 8.12. The molecular weight excluding hydrogens is 348 g/mol. The molecule has 3 rings (SSSR count). The minimum absolute atomic E-state index is 0.0587. The molecule has 3 nitrogen and oxygen atoms in total. The third-order valence-corrected chi connectivity index (χ3v) is 8.12. The van der Waals surface area contributed by atoms with Crippen LogP contribution in [-0.4, -0.2) is 23.4 Å². The van der Waals surface area contributed by atoms with E-state index in [1.54, 1.807) is 6.26 Å². The summed E-state index contributed by atoms with van der Waals surface area (Å²) >= 11 is 0. The Labute approximate surface area is 171 Å². The van der Waals surface area contributed by atoms with Gasteiger partial charge in [0.25, 0.3) is 0 Å². The summed E-state index contributed by atoms with van der Waals surface area (Å²) in [7, 11) is 0. The van der Waals surface area contributed by atoms with Gasteiger partial charge in [-0.1, -0.05) is 32.4 Å². The van der Waals surface area contributed by atoms with Crippen LogP contribution < -0.4 is 0 Å². The van der Waals surface area contributed by atoms with E-state index in [0.717, 1.165) is 44.9 Å². The summed E-state index contributed by atoms with van der Waals surface area (Å²) in [4.78, 5) is 0. The molecule has 3 heteroatoms. The summed E-state index contributed by atoms with van der Waals surface area (Å²) in [5.74, 6) is 1.43. The number of aryl methyl sites for hydroxylation is 1. The lowest BCUT2D eigenvalue weighted by Gasteiger charge is -2.52. The molecule has 0 spiro atoms. The second kappa shape index (κ2) is 9.17. The van der Waals surface area contributed by atoms with Gasteiger partial charge in [0.1, 0.15) is 0 Å². The summed E-state index contributed by atoms with van der Waals surface area (Å²) in [6.07, 6.45) is 14.8. The molecule has 1 heterocycles. The molecule has 2 N–H and O–H groups in total. The lowest BCUT2D eigenvalue weighted by molar-refractivity contribution is -0.0537. The maximum Gasteiger partial charge on any atom is 0.0934 e. The first-order valence-corrected chi connectivity index (χ1v) is 11.3. The molecule has 2 fully saturated rings. The van der Waals surface area contributed by atoms with Gasteiger partial charge in [-0.05, 0) is 98.0 Å². The van der Waals surface area contributed by atoms with Gasteiger partial charge in [-0.25, -0.2) is 0 Å². The minimum atomic E-state index is 0.0587. The van der Waals surface area contributed by atoms with Gasteiger partial charge in [-0.15, -0.1) is 0 Å². The first kappa shape index (κ1) is 21.6. The maximum absolute atomic E-state index is 10.1. The highest BCUT2D eigenvalue weighted by Gasteiger charge is 2.50. The zero-order chi connectivity index (χ0) is 20.2. The van der Waals surface area contributed by atoms with Gasteiger partial charge in [0.2, 0.25) is 0 Å². The molecule has 158 valence electrons. The summed E-state index contributed by atoms with van der Waals surface area (Å²) in [5, 5.41) is 20.1. The Kier molecular flexibility index (Phi) is 7.09. The molecule has 1 aromatic heterocycles. The van der Waals surface area contributed by atoms with Crippen LogP contribution in [0.3, 0.4) is 0 Å². The normalized spacial score (nSPS) is 34.6. The van der Waals surface area contributed by atoms with E-state index in [4.69, 9.17) is 4.42 Å². The average Bonchev–Trinajstić information content (AvgIpc) is 3.14. The Morgan fingerprint density at radius 1 is 1.29 bits per heavy atom. The van der Waals surface area contributed by atoms with Crippen molar-refractivity contribution in [3.63, 3.8) is 0 Å². The van der Waals surface area contributed by atoms with Crippen molar-refractivity contribution in [2.75, 3.05) is 13.2 Å². The number of aliphatic hydroxyl groups is 2. The van der Waals surface area contributed by atoms with E-state index >= 15 is 0 Å². The van der Waals surface area contributed by atoms with Crippen molar-refractivity contribution in [2.45, 2.75) is 78.1 Å². The summed E-state index contributed by atoms with van der Waals surface area (Å²) in [5.41, 5.74) is 2.97. The molecule has 5 atom stereocenters. The summed E-state index contributed by atoms with van der Waals surface area (Å²) in [6, 6.07) is 2.03. The molecule has 2 saturated carbocycles. The first-order valence-electron chi connectivity index (χ1n) is 11.3. The highest BCUT2D eigenvalue weighted by molar-refractivity contribution is 5.11. The highest BCUT2D eigenvalue weighted by Crippen LogP contribution is 2.58. The number of hydrogen-bond acceptors (Lipinski definition) is 3. The van der Waals surface area contributed by atoms with Crippen LogP contribution >= 0.6 is 0 Å². The number of allylic oxidation sites excluding steroid dienone is 1. The topological polar surface area (TPSA) is 53.6 Å². The Morgan fingerprint density at radius 3 is 2.79 bits per heavy atom. The molecule has 0 saturated heterocycles. The van der Waals surface area contributed by atoms with E-state index < -0.39 is 0 Å². The fraction of sp³-hybridized carbons (Fsp3) is 0.760. The average molecular weight is 389 g/mol. The fourth-order valence-corrected chi connectivity index (χ4v) is 6.42. The van der Waals surface area contributed by atoms with Crippen LogP contribution in [0.25, 0.3) is 0 Å². The van der Waals surface area contributed by atoms with Crippen molar-refractivity contribution in [3.05, 3.63) is 36.3 Å². The van der Waals surface area contributed by atoms with Gasteiger partial charge < -0.3 is 14.6 Å². The second-order valence-corrected chi connectivity index (χ2v) is 10.3. The Balaban J connectivity index is 1.63. The molecule has 0 bridgehead atoms. The van der Waals surface area contributed by atoms with Crippen molar-refractivity contribution in [2.24, 2.45) is 28.6 Å². The summed E-state index contributed by atoms with van der Waals surface area (Å²) in [6.45, 7) is 9.80. The van der Waals surface area contributed by atoms with Gasteiger partial charge in [0, 0.05) is 13.2 Å². The lowest BCUT2D eigenvalue weighted by Crippen LogP contribution is -2.45. The number of furan rings is 1. The van der Waals surface area contributed by atoms with Crippen molar-refractivity contribution in [3.8, 4) is 0 Å². The number of hydrogen-bond donors (Lipinski definition) is 2. The van der Waals surface area contributed by atoms with Crippen LogP contribution in [0.15, 0.2) is 35.2 Å². The van der Waals surface area contributed by atoms with E-state index in [1.165, 1.54) is 30.4 Å². The van der Waals surface area contributed by atoms with E-state index in [9.17, 15) is 10.2 Å². The lowest BCUT2D eigenvalue weighted by atomic mass is 9.53. The molecule has 2 aliphatic carbocycles. The molecule has 0 amide bonds. The highest BCUT2D eigenvalue weighted by atomic mass is 16.3. The van der Waals surface area contributed by atoms with Gasteiger partial charge in [0.05, 0.1) is 12.5 Å². The number of rotatable bonds is 8. The first-order chi connectivity index (χ1) is 13.4. The van der Waals surface area contributed by atoms with Crippen molar-refractivity contribution in [1.82, 2.24) is 0 Å². The molecule has 1 aromatic rings. The van der Waals surface area contributed by atoms with E-state index in [2.05, 4.69) is 20.4 Å². The second-order valence-electron chi connectivity index (χ2n) is 10.3. The molecule has 0 aliphatic heterocycles.